The molecule has 0 aliphatic rings. The van der Waals surface area contributed by atoms with E-state index in [0.29, 0.717) is 16.7 Å². The lowest BCUT2D eigenvalue weighted by molar-refractivity contribution is 0.523. The van der Waals surface area contributed by atoms with Gasteiger partial charge < -0.3 is 4.42 Å². The number of halogens is 2. The molecule has 0 saturated carbocycles. The van der Waals surface area contributed by atoms with Crippen molar-refractivity contribution in [3.8, 4) is 11.7 Å². The van der Waals surface area contributed by atoms with Gasteiger partial charge in [-0.05, 0) is 0 Å². The van der Waals surface area contributed by atoms with Gasteiger partial charge in [-0.1, -0.05) is 11.6 Å². The molecule has 2 rings (SSSR count). The molecule has 72 valence electrons. The van der Waals surface area contributed by atoms with Crippen molar-refractivity contribution in [1.29, 1.82) is 0 Å². The van der Waals surface area contributed by atoms with Gasteiger partial charge in [0.15, 0.2) is 0 Å². The van der Waals surface area contributed by atoms with Gasteiger partial charge >= 0.3 is 0 Å². The van der Waals surface area contributed by atoms with E-state index in [4.69, 9.17) is 27.6 Å². The fraction of sp³-hybridized carbons (Fsp3) is 0.143. The number of alkyl halides is 1. The summed E-state index contributed by atoms with van der Waals surface area (Å²) in [5, 5.41) is 7.84. The van der Waals surface area contributed by atoms with Gasteiger partial charge in [-0.2, -0.15) is 0 Å². The molecular formula is C7H4Cl2N4O. The van der Waals surface area contributed by atoms with Crippen molar-refractivity contribution >= 4 is 23.2 Å². The van der Waals surface area contributed by atoms with E-state index in [0.717, 1.165) is 0 Å². The zero-order chi connectivity index (χ0) is 9.97. The van der Waals surface area contributed by atoms with E-state index in [1.165, 1.54) is 12.4 Å². The molecule has 0 saturated heterocycles. The maximum Gasteiger partial charge on any atom is 0.285 e. The highest BCUT2D eigenvalue weighted by Gasteiger charge is 2.09. The zero-order valence-electron chi connectivity index (χ0n) is 6.81. The Morgan fingerprint density at radius 2 is 1.93 bits per heavy atom. The summed E-state index contributed by atoms with van der Waals surface area (Å²) >= 11 is 11.1. The fourth-order valence-corrected chi connectivity index (χ4v) is 1.03. The zero-order valence-corrected chi connectivity index (χ0v) is 8.33. The molecule has 2 heterocycles. The van der Waals surface area contributed by atoms with Crippen molar-refractivity contribution in [2.24, 2.45) is 0 Å². The summed E-state index contributed by atoms with van der Waals surface area (Å²) in [6.07, 6.45) is 2.91. The third-order valence-electron chi connectivity index (χ3n) is 1.39. The topological polar surface area (TPSA) is 64.7 Å². The first kappa shape index (κ1) is 9.36. The van der Waals surface area contributed by atoms with E-state index in [1.54, 1.807) is 0 Å². The average Bonchev–Trinajstić information content (AvgIpc) is 2.67. The van der Waals surface area contributed by atoms with Gasteiger partial charge in [-0.3, -0.25) is 0 Å². The predicted octanol–water partition coefficient (Wildman–Crippen LogP) is 1.92. The molecule has 0 fully saturated rings. The van der Waals surface area contributed by atoms with Gasteiger partial charge in [-0.15, -0.1) is 21.8 Å². The number of hydrogen-bond donors (Lipinski definition) is 0. The van der Waals surface area contributed by atoms with Crippen molar-refractivity contribution < 1.29 is 4.42 Å². The predicted molar refractivity (Wildman–Crippen MR) is 49.9 cm³/mol. The normalized spacial score (nSPS) is 10.4. The number of rotatable bonds is 2. The number of hydrogen-bond acceptors (Lipinski definition) is 5. The summed E-state index contributed by atoms with van der Waals surface area (Å²) in [4.78, 5) is 7.83. The molecule has 0 N–H and O–H groups in total. The van der Waals surface area contributed by atoms with Crippen LogP contribution < -0.4 is 0 Å². The molecule has 0 amide bonds. The summed E-state index contributed by atoms with van der Waals surface area (Å²) in [6, 6.07) is 0. The highest BCUT2D eigenvalue weighted by molar-refractivity contribution is 6.30. The Labute approximate surface area is 89.1 Å². The molecule has 2 aromatic rings. The molecule has 7 heteroatoms. The minimum atomic E-state index is 0.167. The lowest BCUT2D eigenvalue weighted by atomic mass is 10.5. The average molecular weight is 231 g/mol. The molecule has 2 aromatic heterocycles. The van der Waals surface area contributed by atoms with Gasteiger partial charge in [0.05, 0.1) is 5.02 Å². The first-order chi connectivity index (χ1) is 6.79. The first-order valence-electron chi connectivity index (χ1n) is 3.66. The highest BCUT2D eigenvalue weighted by atomic mass is 35.5. The number of nitrogens with zero attached hydrogens (tertiary/aromatic N) is 4. The van der Waals surface area contributed by atoms with Gasteiger partial charge in [0.25, 0.3) is 5.89 Å². The van der Waals surface area contributed by atoms with Crippen LogP contribution in [0.25, 0.3) is 11.7 Å². The molecule has 5 nitrogen and oxygen atoms in total. The smallest absolute Gasteiger partial charge is 0.285 e. The Balaban J connectivity index is 2.34. The molecule has 0 spiro atoms. The molecule has 0 unspecified atom stereocenters. The summed E-state index contributed by atoms with van der Waals surface area (Å²) in [5.41, 5.74) is 0. The van der Waals surface area contributed by atoms with Crippen molar-refractivity contribution in [2.45, 2.75) is 5.88 Å². The second-order valence-electron chi connectivity index (χ2n) is 2.36. The fourth-order valence-electron chi connectivity index (χ4n) is 0.821. The third-order valence-corrected chi connectivity index (χ3v) is 1.82. The standard InChI is InChI=1S/C7H4Cl2N4O/c8-1-5-12-13-7(14-5)6-10-2-4(9)3-11-6/h2-3H,1H2. The van der Waals surface area contributed by atoms with Gasteiger partial charge in [0.1, 0.15) is 5.88 Å². The summed E-state index contributed by atoms with van der Waals surface area (Å²) in [6.45, 7) is 0. The maximum absolute atomic E-state index is 5.62. The molecule has 0 atom stereocenters. The van der Waals surface area contributed by atoms with Crippen LogP contribution in [-0.2, 0) is 5.88 Å². The molecule has 0 radical (unpaired) electrons. The molecule has 0 bridgehead atoms. The van der Waals surface area contributed by atoms with Crippen LogP contribution in [0.3, 0.4) is 0 Å². The van der Waals surface area contributed by atoms with Gasteiger partial charge in [0.2, 0.25) is 11.7 Å². The van der Waals surface area contributed by atoms with Crippen LogP contribution in [0.5, 0.6) is 0 Å². The van der Waals surface area contributed by atoms with Crippen LogP contribution in [-0.4, -0.2) is 20.2 Å². The lowest BCUT2D eigenvalue weighted by Gasteiger charge is -1.91. The van der Waals surface area contributed by atoms with Crippen LogP contribution in [0.15, 0.2) is 16.8 Å². The third kappa shape index (κ3) is 1.83. The van der Waals surface area contributed by atoms with Gasteiger partial charge in [0, 0.05) is 12.4 Å². The van der Waals surface area contributed by atoms with E-state index in [1.807, 2.05) is 0 Å². The Hall–Kier alpha value is -1.20. The van der Waals surface area contributed by atoms with E-state index < -0.39 is 0 Å². The largest absolute Gasteiger partial charge is 0.417 e. The molecule has 0 aliphatic carbocycles. The minimum Gasteiger partial charge on any atom is -0.417 e. The summed E-state index contributed by atoms with van der Waals surface area (Å²) in [7, 11) is 0. The minimum absolute atomic E-state index is 0.167. The quantitative estimate of drug-likeness (QED) is 0.738. The van der Waals surface area contributed by atoms with Crippen molar-refractivity contribution in [2.75, 3.05) is 0 Å². The van der Waals surface area contributed by atoms with E-state index in [-0.39, 0.29) is 11.8 Å². The van der Waals surface area contributed by atoms with Crippen LogP contribution in [0.2, 0.25) is 5.02 Å². The van der Waals surface area contributed by atoms with Crippen molar-refractivity contribution in [3.05, 3.63) is 23.3 Å². The maximum atomic E-state index is 5.62. The molecular weight excluding hydrogens is 227 g/mol. The Morgan fingerprint density at radius 3 is 2.50 bits per heavy atom. The van der Waals surface area contributed by atoms with Crippen LogP contribution in [0.1, 0.15) is 5.89 Å². The van der Waals surface area contributed by atoms with Crippen LogP contribution in [0, 0.1) is 0 Å². The van der Waals surface area contributed by atoms with E-state index in [9.17, 15) is 0 Å². The Morgan fingerprint density at radius 1 is 1.21 bits per heavy atom. The molecule has 14 heavy (non-hydrogen) atoms. The Bertz CT molecular complexity index is 428. The lowest BCUT2D eigenvalue weighted by Crippen LogP contribution is -1.87. The van der Waals surface area contributed by atoms with E-state index in [2.05, 4.69) is 20.2 Å². The second kappa shape index (κ2) is 3.89. The van der Waals surface area contributed by atoms with Crippen molar-refractivity contribution in [1.82, 2.24) is 20.2 Å². The summed E-state index contributed by atoms with van der Waals surface area (Å²) in [5.74, 6) is 1.07. The second-order valence-corrected chi connectivity index (χ2v) is 3.06. The summed E-state index contributed by atoms with van der Waals surface area (Å²) < 4.78 is 5.14. The van der Waals surface area contributed by atoms with Crippen LogP contribution in [0.4, 0.5) is 0 Å². The molecule has 0 aromatic carbocycles. The first-order valence-corrected chi connectivity index (χ1v) is 4.57. The Kier molecular flexibility index (Phi) is 2.60. The van der Waals surface area contributed by atoms with Crippen LogP contribution >= 0.6 is 23.2 Å². The number of aromatic nitrogens is 4. The van der Waals surface area contributed by atoms with E-state index >= 15 is 0 Å². The SMILES string of the molecule is ClCc1nnc(-c2ncc(Cl)cn2)o1. The van der Waals surface area contributed by atoms with Crippen molar-refractivity contribution in [3.63, 3.8) is 0 Å². The highest BCUT2D eigenvalue weighted by Crippen LogP contribution is 2.14. The molecule has 0 aliphatic heterocycles. The van der Waals surface area contributed by atoms with Gasteiger partial charge in [-0.25, -0.2) is 9.97 Å². The monoisotopic (exact) mass is 230 g/mol.